The van der Waals surface area contributed by atoms with Crippen LogP contribution in [0.3, 0.4) is 0 Å². The SMILES string of the molecule is Clc1ccc(OCc2nnc(SCc3csc(-c4ccccc4)n3)n2Cc2ccco2)cc1. The molecule has 166 valence electrons. The van der Waals surface area contributed by atoms with Crippen molar-refractivity contribution in [2.24, 2.45) is 0 Å². The number of hydrogen-bond donors (Lipinski definition) is 0. The average Bonchev–Trinajstić information content (AvgIpc) is 3.61. The first-order valence-corrected chi connectivity index (χ1v) is 12.4. The smallest absolute Gasteiger partial charge is 0.192 e. The molecule has 3 heterocycles. The molecular formula is C24H19ClN4O2S2. The molecule has 0 saturated carbocycles. The molecular weight excluding hydrogens is 476 g/mol. The van der Waals surface area contributed by atoms with E-state index in [1.54, 1.807) is 41.5 Å². The maximum Gasteiger partial charge on any atom is 0.192 e. The second-order valence-corrected chi connectivity index (χ2v) is 9.34. The summed E-state index contributed by atoms with van der Waals surface area (Å²) in [5, 5.41) is 13.3. The van der Waals surface area contributed by atoms with E-state index in [-0.39, 0.29) is 6.61 Å². The lowest BCUT2D eigenvalue weighted by molar-refractivity contribution is 0.287. The summed E-state index contributed by atoms with van der Waals surface area (Å²) in [4.78, 5) is 4.78. The lowest BCUT2D eigenvalue weighted by Crippen LogP contribution is -2.09. The first kappa shape index (κ1) is 21.8. The van der Waals surface area contributed by atoms with Crippen LogP contribution >= 0.6 is 34.7 Å². The van der Waals surface area contributed by atoms with Gasteiger partial charge >= 0.3 is 0 Å². The second-order valence-electron chi connectivity index (χ2n) is 7.11. The van der Waals surface area contributed by atoms with Gasteiger partial charge < -0.3 is 9.15 Å². The molecule has 5 aromatic rings. The van der Waals surface area contributed by atoms with Gasteiger partial charge in [-0.1, -0.05) is 53.7 Å². The van der Waals surface area contributed by atoms with Gasteiger partial charge in [-0.05, 0) is 36.4 Å². The molecule has 0 radical (unpaired) electrons. The molecule has 6 nitrogen and oxygen atoms in total. The van der Waals surface area contributed by atoms with Gasteiger partial charge in [-0.2, -0.15) is 0 Å². The minimum Gasteiger partial charge on any atom is -0.486 e. The summed E-state index contributed by atoms with van der Waals surface area (Å²) in [6.45, 7) is 0.804. The predicted octanol–water partition coefficient (Wildman–Crippen LogP) is 6.57. The number of benzene rings is 2. The number of furan rings is 1. The molecule has 0 aliphatic heterocycles. The van der Waals surface area contributed by atoms with E-state index >= 15 is 0 Å². The number of thioether (sulfide) groups is 1. The van der Waals surface area contributed by atoms with E-state index in [1.165, 1.54) is 0 Å². The number of ether oxygens (including phenoxy) is 1. The maximum atomic E-state index is 5.96. The lowest BCUT2D eigenvalue weighted by atomic mass is 10.2. The highest BCUT2D eigenvalue weighted by Crippen LogP contribution is 2.28. The molecule has 3 aromatic heterocycles. The largest absolute Gasteiger partial charge is 0.486 e. The van der Waals surface area contributed by atoms with Crippen molar-refractivity contribution in [1.82, 2.24) is 19.7 Å². The van der Waals surface area contributed by atoms with Crippen molar-refractivity contribution in [2.45, 2.75) is 24.1 Å². The minimum atomic E-state index is 0.282. The van der Waals surface area contributed by atoms with Crippen LogP contribution in [0.4, 0.5) is 0 Å². The van der Waals surface area contributed by atoms with Crippen molar-refractivity contribution in [2.75, 3.05) is 0 Å². The zero-order valence-electron chi connectivity index (χ0n) is 17.4. The van der Waals surface area contributed by atoms with Gasteiger partial charge in [0.1, 0.15) is 23.1 Å². The minimum absolute atomic E-state index is 0.282. The van der Waals surface area contributed by atoms with Crippen molar-refractivity contribution >= 4 is 34.7 Å². The van der Waals surface area contributed by atoms with E-state index in [4.69, 9.17) is 25.7 Å². The third-order valence-electron chi connectivity index (χ3n) is 4.79. The molecule has 5 rings (SSSR count). The Morgan fingerprint density at radius 2 is 1.85 bits per heavy atom. The quantitative estimate of drug-likeness (QED) is 0.216. The zero-order chi connectivity index (χ0) is 22.5. The molecule has 9 heteroatoms. The normalized spacial score (nSPS) is 11.1. The molecule has 0 unspecified atom stereocenters. The number of hydrogen-bond acceptors (Lipinski definition) is 7. The van der Waals surface area contributed by atoms with Crippen LogP contribution in [0.15, 0.2) is 87.9 Å². The number of rotatable bonds is 9. The number of nitrogens with zero attached hydrogens (tertiary/aromatic N) is 4. The summed E-state index contributed by atoms with van der Waals surface area (Å²) in [5.41, 5.74) is 2.14. The van der Waals surface area contributed by atoms with Gasteiger partial charge in [-0.15, -0.1) is 21.5 Å². The molecule has 0 aliphatic carbocycles. The van der Waals surface area contributed by atoms with Crippen molar-refractivity contribution in [3.8, 4) is 16.3 Å². The van der Waals surface area contributed by atoms with Gasteiger partial charge in [0.05, 0.1) is 18.5 Å². The first-order valence-electron chi connectivity index (χ1n) is 10.2. The van der Waals surface area contributed by atoms with Crippen molar-refractivity contribution in [1.29, 1.82) is 0 Å². The highest BCUT2D eigenvalue weighted by molar-refractivity contribution is 7.98. The molecule has 0 fully saturated rings. The fraction of sp³-hybridized carbons (Fsp3) is 0.125. The standard InChI is InChI=1S/C24H19ClN4O2S2/c25-18-8-10-20(11-9-18)31-14-22-27-28-24(29(22)13-21-7-4-12-30-21)33-16-19-15-32-23(26-19)17-5-2-1-3-6-17/h1-12,15H,13-14,16H2. The van der Waals surface area contributed by atoms with Crippen LogP contribution in [-0.4, -0.2) is 19.7 Å². The number of aromatic nitrogens is 4. The van der Waals surface area contributed by atoms with Crippen molar-refractivity contribution in [3.63, 3.8) is 0 Å². The predicted molar refractivity (Wildman–Crippen MR) is 131 cm³/mol. The third kappa shape index (κ3) is 5.47. The average molecular weight is 495 g/mol. The van der Waals surface area contributed by atoms with E-state index < -0.39 is 0 Å². The molecule has 0 bridgehead atoms. The highest BCUT2D eigenvalue weighted by Gasteiger charge is 2.16. The first-order chi connectivity index (χ1) is 16.2. The lowest BCUT2D eigenvalue weighted by Gasteiger charge is -2.10. The van der Waals surface area contributed by atoms with Gasteiger partial charge in [0.15, 0.2) is 11.0 Å². The highest BCUT2D eigenvalue weighted by atomic mass is 35.5. The summed E-state index contributed by atoms with van der Waals surface area (Å²) < 4.78 is 13.5. The van der Waals surface area contributed by atoms with Gasteiger partial charge in [0, 0.05) is 21.7 Å². The van der Waals surface area contributed by atoms with E-state index in [1.807, 2.05) is 47.0 Å². The van der Waals surface area contributed by atoms with Gasteiger partial charge in [0.25, 0.3) is 0 Å². The second kappa shape index (κ2) is 10.2. The molecule has 0 spiro atoms. The Bertz CT molecular complexity index is 1300. The Balaban J connectivity index is 1.31. The molecule has 2 aromatic carbocycles. The Labute approximate surface area is 204 Å². The Morgan fingerprint density at radius 3 is 2.64 bits per heavy atom. The van der Waals surface area contributed by atoms with Crippen LogP contribution in [0.25, 0.3) is 10.6 Å². The van der Waals surface area contributed by atoms with Crippen LogP contribution in [0, 0.1) is 0 Å². The van der Waals surface area contributed by atoms with Gasteiger partial charge in [-0.3, -0.25) is 4.57 Å². The number of thiazole rings is 1. The maximum absolute atomic E-state index is 5.96. The van der Waals surface area contributed by atoms with Crippen LogP contribution < -0.4 is 4.74 Å². The Kier molecular flexibility index (Phi) is 6.76. The molecule has 0 amide bonds. The fourth-order valence-corrected chi connectivity index (χ4v) is 5.06. The molecule has 0 saturated heterocycles. The summed E-state index contributed by atoms with van der Waals surface area (Å²) >= 11 is 9.20. The molecule has 0 aliphatic rings. The van der Waals surface area contributed by atoms with Crippen LogP contribution in [0.1, 0.15) is 17.3 Å². The topological polar surface area (TPSA) is 66.0 Å². The fourth-order valence-electron chi connectivity index (χ4n) is 3.15. The van der Waals surface area contributed by atoms with E-state index in [0.29, 0.717) is 23.1 Å². The summed E-state index contributed by atoms with van der Waals surface area (Å²) in [5.74, 6) is 2.95. The zero-order valence-corrected chi connectivity index (χ0v) is 19.8. The van der Waals surface area contributed by atoms with E-state index in [9.17, 15) is 0 Å². The van der Waals surface area contributed by atoms with Crippen molar-refractivity contribution in [3.05, 3.63) is 101 Å². The van der Waals surface area contributed by atoms with E-state index in [0.717, 1.165) is 32.9 Å². The summed E-state index contributed by atoms with van der Waals surface area (Å²) in [7, 11) is 0. The molecule has 33 heavy (non-hydrogen) atoms. The van der Waals surface area contributed by atoms with Gasteiger partial charge in [0.2, 0.25) is 0 Å². The Hall–Kier alpha value is -3.07. The van der Waals surface area contributed by atoms with Gasteiger partial charge in [-0.25, -0.2) is 4.98 Å². The third-order valence-corrected chi connectivity index (χ3v) is 6.98. The monoisotopic (exact) mass is 494 g/mol. The molecule has 0 N–H and O–H groups in total. The summed E-state index contributed by atoms with van der Waals surface area (Å²) in [6.07, 6.45) is 1.66. The van der Waals surface area contributed by atoms with Crippen LogP contribution in [-0.2, 0) is 18.9 Å². The van der Waals surface area contributed by atoms with Crippen LogP contribution in [0.5, 0.6) is 5.75 Å². The van der Waals surface area contributed by atoms with E-state index in [2.05, 4.69) is 27.7 Å². The Morgan fingerprint density at radius 1 is 1.00 bits per heavy atom. The number of halogens is 1. The van der Waals surface area contributed by atoms with Crippen LogP contribution in [0.2, 0.25) is 5.02 Å². The van der Waals surface area contributed by atoms with Crippen molar-refractivity contribution < 1.29 is 9.15 Å². The summed E-state index contributed by atoms with van der Waals surface area (Å²) in [6, 6.07) is 21.3. The molecule has 0 atom stereocenters.